The second-order valence-corrected chi connectivity index (χ2v) is 9.25. The third-order valence-corrected chi connectivity index (χ3v) is 6.36. The summed E-state index contributed by atoms with van der Waals surface area (Å²) >= 11 is 4.10. The monoisotopic (exact) mass is 546 g/mol. The van der Waals surface area contributed by atoms with Crippen molar-refractivity contribution in [3.63, 3.8) is 0 Å². The van der Waals surface area contributed by atoms with Gasteiger partial charge in [0, 0.05) is 15.7 Å². The molecule has 0 spiro atoms. The number of halogens is 1. The number of rotatable bonds is 8. The van der Waals surface area contributed by atoms with Gasteiger partial charge in [-0.1, -0.05) is 28.1 Å². The number of hydrogen-bond acceptors (Lipinski definition) is 7. The molecule has 0 atom stereocenters. The van der Waals surface area contributed by atoms with E-state index in [0.29, 0.717) is 17.0 Å². The molecule has 0 bridgehead atoms. The van der Waals surface area contributed by atoms with E-state index < -0.39 is 29.6 Å². The van der Waals surface area contributed by atoms with Gasteiger partial charge < -0.3 is 14.8 Å². The van der Waals surface area contributed by atoms with Crippen molar-refractivity contribution in [2.24, 2.45) is 0 Å². The van der Waals surface area contributed by atoms with Crippen LogP contribution >= 0.6 is 27.7 Å². The van der Waals surface area contributed by atoms with E-state index in [2.05, 4.69) is 21.2 Å². The summed E-state index contributed by atoms with van der Waals surface area (Å²) in [4.78, 5) is 50.6. The zero-order valence-corrected chi connectivity index (χ0v) is 21.2. The molecule has 1 aliphatic rings. The van der Waals surface area contributed by atoms with Gasteiger partial charge in [0.25, 0.3) is 11.1 Å². The van der Waals surface area contributed by atoms with E-state index in [4.69, 9.17) is 9.47 Å². The van der Waals surface area contributed by atoms with Gasteiger partial charge in [-0.2, -0.15) is 0 Å². The van der Waals surface area contributed by atoms with E-state index in [1.807, 2.05) is 26.0 Å². The van der Waals surface area contributed by atoms with Crippen molar-refractivity contribution < 1.29 is 28.7 Å². The quantitative estimate of drug-likeness (QED) is 0.378. The highest BCUT2D eigenvalue weighted by atomic mass is 79.9. The van der Waals surface area contributed by atoms with Gasteiger partial charge in [0.1, 0.15) is 12.3 Å². The zero-order chi connectivity index (χ0) is 24.8. The van der Waals surface area contributed by atoms with Crippen LogP contribution in [0.25, 0.3) is 6.08 Å². The number of esters is 1. The number of hydrogen-bond donors (Lipinski definition) is 1. The second-order valence-electron chi connectivity index (χ2n) is 7.34. The average molecular weight is 547 g/mol. The van der Waals surface area contributed by atoms with Crippen molar-refractivity contribution in [3.8, 4) is 5.75 Å². The largest absolute Gasteiger partial charge is 0.481 e. The highest BCUT2D eigenvalue weighted by Gasteiger charge is 2.36. The van der Waals surface area contributed by atoms with Crippen molar-refractivity contribution in [2.75, 3.05) is 25.1 Å². The van der Waals surface area contributed by atoms with Crippen LogP contribution in [0.3, 0.4) is 0 Å². The third kappa shape index (κ3) is 6.27. The molecule has 2 aromatic rings. The number of anilines is 1. The van der Waals surface area contributed by atoms with Gasteiger partial charge in [-0.25, -0.2) is 4.79 Å². The van der Waals surface area contributed by atoms with Gasteiger partial charge in [-0.3, -0.25) is 19.3 Å². The van der Waals surface area contributed by atoms with Crippen LogP contribution in [0.1, 0.15) is 23.6 Å². The fourth-order valence-electron chi connectivity index (χ4n) is 3.10. The van der Waals surface area contributed by atoms with Crippen LogP contribution in [-0.4, -0.2) is 47.7 Å². The molecule has 1 N–H and O–H groups in total. The molecular weight excluding hydrogens is 524 g/mol. The van der Waals surface area contributed by atoms with Crippen LogP contribution in [0.5, 0.6) is 5.75 Å². The maximum absolute atomic E-state index is 12.9. The van der Waals surface area contributed by atoms with Crippen LogP contribution < -0.4 is 10.1 Å². The highest BCUT2D eigenvalue weighted by molar-refractivity contribution is 9.10. The van der Waals surface area contributed by atoms with E-state index in [1.54, 1.807) is 31.2 Å². The number of aryl methyl sites for hydroxylation is 1. The van der Waals surface area contributed by atoms with E-state index in [1.165, 1.54) is 6.08 Å². The molecule has 34 heavy (non-hydrogen) atoms. The van der Waals surface area contributed by atoms with Crippen LogP contribution in [0.15, 0.2) is 45.8 Å². The summed E-state index contributed by atoms with van der Waals surface area (Å²) in [7, 11) is 0. The molecule has 0 aromatic heterocycles. The Bertz CT molecular complexity index is 1180. The lowest BCUT2D eigenvalue weighted by Gasteiger charge is -2.14. The number of benzene rings is 2. The molecule has 178 valence electrons. The minimum atomic E-state index is -0.581. The lowest BCUT2D eigenvalue weighted by atomic mass is 10.1. The van der Waals surface area contributed by atoms with Crippen LogP contribution in [0.4, 0.5) is 10.5 Å². The topological polar surface area (TPSA) is 102 Å². The van der Waals surface area contributed by atoms with Crippen molar-refractivity contribution in [3.05, 3.63) is 62.5 Å². The highest BCUT2D eigenvalue weighted by Crippen LogP contribution is 2.35. The number of nitrogens with zero attached hydrogens (tertiary/aromatic N) is 1. The Kier molecular flexibility index (Phi) is 8.51. The lowest BCUT2D eigenvalue weighted by molar-refractivity contribution is -0.145. The number of imide groups is 1. The molecule has 0 unspecified atom stereocenters. The summed E-state index contributed by atoms with van der Waals surface area (Å²) in [6, 6.07) is 10.6. The van der Waals surface area contributed by atoms with Crippen LogP contribution in [-0.2, 0) is 19.1 Å². The molecule has 0 aliphatic carbocycles. The van der Waals surface area contributed by atoms with Gasteiger partial charge in [0.05, 0.1) is 11.5 Å². The Morgan fingerprint density at radius 2 is 1.94 bits per heavy atom. The minimum absolute atomic E-state index is 0.142. The first-order valence-corrected chi connectivity index (χ1v) is 12.0. The Balaban J connectivity index is 1.74. The second kappa shape index (κ2) is 11.3. The Morgan fingerprint density at radius 1 is 1.18 bits per heavy atom. The molecule has 3 amide bonds. The third-order valence-electron chi connectivity index (χ3n) is 4.96. The van der Waals surface area contributed by atoms with Crippen molar-refractivity contribution in [2.45, 2.75) is 20.8 Å². The van der Waals surface area contributed by atoms with Gasteiger partial charge in [-0.15, -0.1) is 0 Å². The first-order valence-electron chi connectivity index (χ1n) is 10.4. The maximum atomic E-state index is 12.9. The molecule has 1 aliphatic heterocycles. The van der Waals surface area contributed by atoms with Gasteiger partial charge in [0.2, 0.25) is 5.91 Å². The van der Waals surface area contributed by atoms with E-state index >= 15 is 0 Å². The lowest BCUT2D eigenvalue weighted by Crippen LogP contribution is -2.36. The zero-order valence-electron chi connectivity index (χ0n) is 18.8. The van der Waals surface area contributed by atoms with Crippen LogP contribution in [0, 0.1) is 13.8 Å². The molecule has 10 heteroatoms. The number of carbonyl (C=O) groups is 4. The van der Waals surface area contributed by atoms with Gasteiger partial charge >= 0.3 is 5.97 Å². The molecule has 3 rings (SSSR count). The molecular formula is C24H23BrN2O6S. The van der Waals surface area contributed by atoms with E-state index in [9.17, 15) is 19.2 Å². The summed E-state index contributed by atoms with van der Waals surface area (Å²) in [5.74, 6) is -1.23. The maximum Gasteiger partial charge on any atom is 0.344 e. The smallest absolute Gasteiger partial charge is 0.344 e. The molecule has 8 nitrogen and oxygen atoms in total. The van der Waals surface area contributed by atoms with E-state index in [-0.39, 0.29) is 18.1 Å². The molecule has 1 fully saturated rings. The SMILES string of the molecule is CCOC(=O)COc1ccc(Br)cc1/C=C1/SC(=O)N(CC(=O)Nc2cccc(C)c2C)C1=O. The average Bonchev–Trinajstić information content (AvgIpc) is 3.04. The van der Waals surface area contributed by atoms with Gasteiger partial charge in [0.15, 0.2) is 6.61 Å². The summed E-state index contributed by atoms with van der Waals surface area (Å²) in [6.07, 6.45) is 1.50. The number of thioether (sulfide) groups is 1. The van der Waals surface area contributed by atoms with Gasteiger partial charge in [-0.05, 0) is 74.0 Å². The summed E-state index contributed by atoms with van der Waals surface area (Å²) in [5.41, 5.74) is 3.05. The first-order chi connectivity index (χ1) is 16.2. The Labute approximate surface area is 209 Å². The van der Waals surface area contributed by atoms with Crippen molar-refractivity contribution >= 4 is 62.5 Å². The summed E-state index contributed by atoms with van der Waals surface area (Å²) in [6.45, 7) is 5.05. The summed E-state index contributed by atoms with van der Waals surface area (Å²) in [5, 5.41) is 2.21. The van der Waals surface area contributed by atoms with Crippen LogP contribution in [0.2, 0.25) is 0 Å². The summed E-state index contributed by atoms with van der Waals surface area (Å²) < 4.78 is 11.1. The first kappa shape index (κ1) is 25.5. The molecule has 2 aromatic carbocycles. The van der Waals surface area contributed by atoms with Crippen molar-refractivity contribution in [1.82, 2.24) is 4.90 Å². The van der Waals surface area contributed by atoms with E-state index in [0.717, 1.165) is 32.3 Å². The Hall–Kier alpha value is -3.11. The predicted molar refractivity (Wildman–Crippen MR) is 133 cm³/mol. The Morgan fingerprint density at radius 3 is 2.68 bits per heavy atom. The number of amides is 3. The fraction of sp³-hybridized carbons (Fsp3) is 0.250. The number of nitrogens with one attached hydrogen (secondary N) is 1. The molecule has 1 saturated heterocycles. The predicted octanol–water partition coefficient (Wildman–Crippen LogP) is 4.68. The molecule has 0 radical (unpaired) electrons. The number of ether oxygens (including phenoxy) is 2. The molecule has 0 saturated carbocycles. The fourth-order valence-corrected chi connectivity index (χ4v) is 4.31. The molecule has 1 heterocycles. The normalized spacial score (nSPS) is 14.5. The number of carbonyl (C=O) groups excluding carboxylic acids is 4. The standard InChI is InChI=1S/C24H23BrN2O6S/c1-4-32-22(29)13-33-19-9-8-17(25)10-16(19)11-20-23(30)27(24(31)34-20)12-21(28)26-18-7-5-6-14(2)15(18)3/h5-11H,4,12-13H2,1-3H3,(H,26,28)/b20-11+. The van der Waals surface area contributed by atoms with Crippen molar-refractivity contribution in [1.29, 1.82) is 0 Å². The minimum Gasteiger partial charge on any atom is -0.481 e.